The number of alkyl halides is 1. The van der Waals surface area contributed by atoms with Crippen LogP contribution in [-0.2, 0) is 6.42 Å². The average molecular weight is 442 g/mol. The molecule has 0 aliphatic heterocycles. The number of nitrogens with zero attached hydrogens (tertiary/aromatic N) is 1. The average Bonchev–Trinajstić information content (AvgIpc) is 2.83. The van der Waals surface area contributed by atoms with E-state index < -0.39 is 6.17 Å². The summed E-state index contributed by atoms with van der Waals surface area (Å²) in [5.74, 6) is 0.638. The molecular weight excluding hydrogens is 397 g/mol. The van der Waals surface area contributed by atoms with Crippen molar-refractivity contribution in [2.75, 3.05) is 6.61 Å². The number of halogens is 1. The third-order valence-corrected chi connectivity index (χ3v) is 6.11. The highest BCUT2D eigenvalue weighted by Gasteiger charge is 2.08. The van der Waals surface area contributed by atoms with Crippen molar-refractivity contribution in [2.24, 2.45) is 0 Å². The van der Waals surface area contributed by atoms with Gasteiger partial charge in [-0.3, -0.25) is 4.98 Å². The standard InChI is InChI=1S/C29H44FNO/c1-3-5-7-9-11-13-15-25-17-19-26(20-18-25)29-22-21-28(23-31-29)32-24-27(30)16-14-12-10-8-6-4-2/h17-23,27H,3-16,24H2,1-2H3. The minimum atomic E-state index is -0.903. The van der Waals surface area contributed by atoms with Crippen molar-refractivity contribution in [3.8, 4) is 17.0 Å². The number of hydrogen-bond donors (Lipinski definition) is 0. The molecule has 0 spiro atoms. The van der Waals surface area contributed by atoms with Crippen molar-refractivity contribution >= 4 is 0 Å². The molecule has 0 amide bonds. The number of hydrogen-bond acceptors (Lipinski definition) is 2. The van der Waals surface area contributed by atoms with Gasteiger partial charge in [0.2, 0.25) is 0 Å². The second kappa shape index (κ2) is 16.7. The van der Waals surface area contributed by atoms with E-state index in [0.29, 0.717) is 12.2 Å². The number of aromatic nitrogens is 1. The summed E-state index contributed by atoms with van der Waals surface area (Å²) in [5.41, 5.74) is 3.42. The lowest BCUT2D eigenvalue weighted by molar-refractivity contribution is 0.183. The van der Waals surface area contributed by atoms with Gasteiger partial charge in [-0.2, -0.15) is 0 Å². The first-order valence-corrected chi connectivity index (χ1v) is 13.0. The molecule has 1 aromatic carbocycles. The monoisotopic (exact) mass is 441 g/mol. The van der Waals surface area contributed by atoms with Gasteiger partial charge in [0.25, 0.3) is 0 Å². The van der Waals surface area contributed by atoms with Gasteiger partial charge in [-0.15, -0.1) is 0 Å². The molecule has 178 valence electrons. The summed E-state index contributed by atoms with van der Waals surface area (Å²) in [4.78, 5) is 4.52. The van der Waals surface area contributed by atoms with Crippen molar-refractivity contribution in [1.82, 2.24) is 4.98 Å². The summed E-state index contributed by atoms with van der Waals surface area (Å²) in [5, 5.41) is 0. The van der Waals surface area contributed by atoms with Crippen LogP contribution in [0.1, 0.15) is 103 Å². The molecule has 0 N–H and O–H groups in total. The molecule has 0 aliphatic rings. The van der Waals surface area contributed by atoms with Crippen LogP contribution in [0.15, 0.2) is 42.6 Å². The number of unbranched alkanes of at least 4 members (excludes halogenated alkanes) is 10. The number of benzene rings is 1. The summed E-state index contributed by atoms with van der Waals surface area (Å²) in [6, 6.07) is 12.6. The fraction of sp³-hybridized carbons (Fsp3) is 0.621. The fourth-order valence-electron chi connectivity index (χ4n) is 4.00. The van der Waals surface area contributed by atoms with Crippen LogP contribution in [0.4, 0.5) is 4.39 Å². The molecule has 0 fully saturated rings. The van der Waals surface area contributed by atoms with Gasteiger partial charge in [0, 0.05) is 5.56 Å². The van der Waals surface area contributed by atoms with Crippen LogP contribution in [0.3, 0.4) is 0 Å². The summed E-state index contributed by atoms with van der Waals surface area (Å²) in [6.07, 6.45) is 17.6. The maximum atomic E-state index is 14.1. The zero-order chi connectivity index (χ0) is 22.9. The molecule has 2 aromatic rings. The van der Waals surface area contributed by atoms with E-state index in [9.17, 15) is 4.39 Å². The van der Waals surface area contributed by atoms with Crippen LogP contribution in [-0.4, -0.2) is 17.8 Å². The maximum Gasteiger partial charge on any atom is 0.137 e. The highest BCUT2D eigenvalue weighted by Crippen LogP contribution is 2.21. The first-order valence-electron chi connectivity index (χ1n) is 13.0. The van der Waals surface area contributed by atoms with Crippen LogP contribution in [0.2, 0.25) is 0 Å². The SMILES string of the molecule is CCCCCCCCc1ccc(-c2ccc(OCC(F)CCCCCCCC)cn2)cc1. The van der Waals surface area contributed by atoms with E-state index in [1.54, 1.807) is 6.20 Å². The molecule has 2 nitrogen and oxygen atoms in total. The van der Waals surface area contributed by atoms with E-state index in [4.69, 9.17) is 4.74 Å². The Morgan fingerprint density at radius 3 is 2.00 bits per heavy atom. The first-order chi connectivity index (χ1) is 15.7. The molecule has 2 rings (SSSR count). The third kappa shape index (κ3) is 11.1. The second-order valence-electron chi connectivity index (χ2n) is 9.06. The molecule has 32 heavy (non-hydrogen) atoms. The number of pyridine rings is 1. The lowest BCUT2D eigenvalue weighted by Gasteiger charge is -2.11. The fourth-order valence-corrected chi connectivity index (χ4v) is 4.00. The Morgan fingerprint density at radius 2 is 1.38 bits per heavy atom. The Morgan fingerprint density at radius 1 is 0.750 bits per heavy atom. The molecule has 1 atom stereocenters. The second-order valence-corrected chi connectivity index (χ2v) is 9.06. The van der Waals surface area contributed by atoms with Crippen molar-refractivity contribution in [3.63, 3.8) is 0 Å². The normalized spacial score (nSPS) is 12.1. The lowest BCUT2D eigenvalue weighted by atomic mass is 10.0. The Labute approximate surface area is 196 Å². The van der Waals surface area contributed by atoms with Crippen molar-refractivity contribution < 1.29 is 9.13 Å². The van der Waals surface area contributed by atoms with Crippen LogP contribution in [0.5, 0.6) is 5.75 Å². The zero-order valence-corrected chi connectivity index (χ0v) is 20.5. The highest BCUT2D eigenvalue weighted by molar-refractivity contribution is 5.59. The minimum Gasteiger partial charge on any atom is -0.489 e. The van der Waals surface area contributed by atoms with Crippen LogP contribution in [0.25, 0.3) is 11.3 Å². The van der Waals surface area contributed by atoms with Crippen molar-refractivity contribution in [3.05, 3.63) is 48.2 Å². The van der Waals surface area contributed by atoms with E-state index in [2.05, 4.69) is 43.1 Å². The molecule has 0 aliphatic carbocycles. The Kier molecular flexibility index (Phi) is 13.7. The zero-order valence-electron chi connectivity index (χ0n) is 20.5. The molecule has 3 heteroatoms. The van der Waals surface area contributed by atoms with Crippen molar-refractivity contribution in [2.45, 2.75) is 110 Å². The van der Waals surface area contributed by atoms with Gasteiger partial charge in [0.1, 0.15) is 18.5 Å². The molecule has 0 saturated carbocycles. The van der Waals surface area contributed by atoms with E-state index in [0.717, 1.165) is 30.5 Å². The number of rotatable bonds is 18. The van der Waals surface area contributed by atoms with Gasteiger partial charge >= 0.3 is 0 Å². The quantitative estimate of drug-likeness (QED) is 0.215. The molecule has 1 aromatic heterocycles. The Hall–Kier alpha value is -1.90. The molecule has 1 unspecified atom stereocenters. The van der Waals surface area contributed by atoms with E-state index in [1.165, 1.54) is 69.8 Å². The molecule has 0 saturated heterocycles. The number of ether oxygens (including phenoxy) is 1. The van der Waals surface area contributed by atoms with Crippen LogP contribution < -0.4 is 4.74 Å². The summed E-state index contributed by atoms with van der Waals surface area (Å²) in [6.45, 7) is 4.58. The molecule has 0 bridgehead atoms. The maximum absolute atomic E-state index is 14.1. The van der Waals surface area contributed by atoms with E-state index in [1.807, 2.05) is 12.1 Å². The first kappa shape index (κ1) is 26.4. The van der Waals surface area contributed by atoms with Gasteiger partial charge in [0.05, 0.1) is 11.9 Å². The van der Waals surface area contributed by atoms with Crippen LogP contribution in [0, 0.1) is 0 Å². The van der Waals surface area contributed by atoms with Gasteiger partial charge in [-0.05, 0) is 37.0 Å². The van der Waals surface area contributed by atoms with Gasteiger partial charge in [0.15, 0.2) is 0 Å². The third-order valence-electron chi connectivity index (χ3n) is 6.11. The van der Waals surface area contributed by atoms with Gasteiger partial charge in [-0.25, -0.2) is 4.39 Å². The smallest absolute Gasteiger partial charge is 0.137 e. The predicted molar refractivity (Wildman–Crippen MR) is 135 cm³/mol. The number of aryl methyl sites for hydroxylation is 1. The Balaban J connectivity index is 1.67. The summed E-state index contributed by atoms with van der Waals surface area (Å²) >= 11 is 0. The lowest BCUT2D eigenvalue weighted by Crippen LogP contribution is -2.12. The van der Waals surface area contributed by atoms with Crippen LogP contribution >= 0.6 is 0 Å². The molecule has 1 heterocycles. The van der Waals surface area contributed by atoms with E-state index >= 15 is 0 Å². The Bertz CT molecular complexity index is 698. The van der Waals surface area contributed by atoms with Crippen molar-refractivity contribution in [1.29, 1.82) is 0 Å². The van der Waals surface area contributed by atoms with Gasteiger partial charge in [-0.1, -0.05) is 109 Å². The summed E-state index contributed by atoms with van der Waals surface area (Å²) < 4.78 is 19.7. The predicted octanol–water partition coefficient (Wildman–Crippen LogP) is 9.12. The topological polar surface area (TPSA) is 22.1 Å². The minimum absolute atomic E-state index is 0.114. The highest BCUT2D eigenvalue weighted by atomic mass is 19.1. The molecular formula is C29H44FNO. The molecule has 0 radical (unpaired) electrons. The summed E-state index contributed by atoms with van der Waals surface area (Å²) in [7, 11) is 0. The van der Waals surface area contributed by atoms with Gasteiger partial charge < -0.3 is 4.74 Å². The largest absolute Gasteiger partial charge is 0.489 e. The van der Waals surface area contributed by atoms with E-state index in [-0.39, 0.29) is 6.61 Å².